The Labute approximate surface area is 87.9 Å². The average molecular weight is 213 g/mol. The molecule has 0 spiro atoms. The molecule has 5 heteroatoms. The second kappa shape index (κ2) is 4.70. The van der Waals surface area contributed by atoms with Gasteiger partial charge in [0.25, 0.3) is 5.19 Å². The fourth-order valence-electron chi connectivity index (χ4n) is 1.49. The summed E-state index contributed by atoms with van der Waals surface area (Å²) >= 11 is 1.36. The second-order valence-electron chi connectivity index (χ2n) is 3.42. The van der Waals surface area contributed by atoms with E-state index in [9.17, 15) is 0 Å². The van der Waals surface area contributed by atoms with E-state index in [0.29, 0.717) is 0 Å². The number of aromatic nitrogens is 2. The Morgan fingerprint density at radius 3 is 3.21 bits per heavy atom. The summed E-state index contributed by atoms with van der Waals surface area (Å²) < 4.78 is 9.91. The Morgan fingerprint density at radius 1 is 1.64 bits per heavy atom. The van der Waals surface area contributed by atoms with Crippen LogP contribution >= 0.6 is 11.5 Å². The summed E-state index contributed by atoms with van der Waals surface area (Å²) in [4.78, 5) is 4.28. The Hall–Kier alpha value is -0.680. The van der Waals surface area contributed by atoms with Crippen molar-refractivity contribution in [1.29, 1.82) is 0 Å². The van der Waals surface area contributed by atoms with Gasteiger partial charge in [0.2, 0.25) is 0 Å². The van der Waals surface area contributed by atoms with Crippen LogP contribution in [0.25, 0.3) is 0 Å². The molecule has 1 fully saturated rings. The van der Waals surface area contributed by atoms with E-state index in [-0.39, 0.29) is 6.10 Å². The van der Waals surface area contributed by atoms with Gasteiger partial charge in [0.1, 0.15) is 11.9 Å². The minimum absolute atomic E-state index is 0.279. The first-order valence-corrected chi connectivity index (χ1v) is 5.86. The zero-order valence-electron chi connectivity index (χ0n) is 8.32. The van der Waals surface area contributed by atoms with E-state index in [2.05, 4.69) is 14.7 Å². The number of aryl methyl sites for hydroxylation is 1. The van der Waals surface area contributed by atoms with Gasteiger partial charge in [-0.2, -0.15) is 9.36 Å². The maximum atomic E-state index is 5.72. The molecule has 1 N–H and O–H groups in total. The maximum Gasteiger partial charge on any atom is 0.293 e. The number of nitrogens with zero attached hydrogens (tertiary/aromatic N) is 2. The van der Waals surface area contributed by atoms with Crippen LogP contribution in [0.4, 0.5) is 0 Å². The van der Waals surface area contributed by atoms with Gasteiger partial charge in [-0.3, -0.25) is 0 Å². The van der Waals surface area contributed by atoms with Gasteiger partial charge in [0, 0.05) is 24.5 Å². The minimum atomic E-state index is 0.279. The molecule has 2 rings (SSSR count). The van der Waals surface area contributed by atoms with Gasteiger partial charge in [0.05, 0.1) is 0 Å². The van der Waals surface area contributed by atoms with Gasteiger partial charge in [-0.1, -0.05) is 6.92 Å². The standard InChI is InChI=1S/C9H15N3OS/c1-2-8-11-9(14-12-8)13-7-4-3-5-10-6-7/h7,10H,2-6H2,1H3/t7-/m0/s1. The summed E-state index contributed by atoms with van der Waals surface area (Å²) in [5.74, 6) is 0.883. The zero-order chi connectivity index (χ0) is 9.80. The Kier molecular flexibility index (Phi) is 3.31. The lowest BCUT2D eigenvalue weighted by molar-refractivity contribution is 0.166. The molecule has 0 saturated carbocycles. The molecule has 0 aliphatic carbocycles. The first kappa shape index (κ1) is 9.86. The van der Waals surface area contributed by atoms with Crippen LogP contribution in [-0.4, -0.2) is 28.6 Å². The van der Waals surface area contributed by atoms with Crippen LogP contribution in [0.2, 0.25) is 0 Å². The van der Waals surface area contributed by atoms with Gasteiger partial charge in [-0.25, -0.2) is 0 Å². The molecule has 4 nitrogen and oxygen atoms in total. The molecule has 1 saturated heterocycles. The normalized spacial score (nSPS) is 22.2. The zero-order valence-corrected chi connectivity index (χ0v) is 9.14. The molecule has 1 aliphatic rings. The Morgan fingerprint density at radius 2 is 2.57 bits per heavy atom. The third kappa shape index (κ3) is 2.42. The third-order valence-corrected chi connectivity index (χ3v) is 2.93. The molecule has 1 aliphatic heterocycles. The summed E-state index contributed by atoms with van der Waals surface area (Å²) in [6.45, 7) is 4.09. The summed E-state index contributed by atoms with van der Waals surface area (Å²) in [7, 11) is 0. The molecule has 1 aromatic heterocycles. The van der Waals surface area contributed by atoms with E-state index < -0.39 is 0 Å². The van der Waals surface area contributed by atoms with Gasteiger partial charge >= 0.3 is 0 Å². The highest BCUT2D eigenvalue weighted by Gasteiger charge is 2.16. The number of piperidine rings is 1. The molecular formula is C9H15N3OS. The number of ether oxygens (including phenoxy) is 1. The quantitative estimate of drug-likeness (QED) is 0.820. The highest BCUT2D eigenvalue weighted by Crippen LogP contribution is 2.18. The van der Waals surface area contributed by atoms with Crippen LogP contribution in [0.5, 0.6) is 5.19 Å². The fraction of sp³-hybridized carbons (Fsp3) is 0.778. The van der Waals surface area contributed by atoms with Crippen molar-refractivity contribution in [2.45, 2.75) is 32.3 Å². The van der Waals surface area contributed by atoms with Crippen LogP contribution in [0, 0.1) is 0 Å². The number of nitrogens with one attached hydrogen (secondary N) is 1. The average Bonchev–Trinajstić information content (AvgIpc) is 2.67. The van der Waals surface area contributed by atoms with Crippen LogP contribution in [0.3, 0.4) is 0 Å². The van der Waals surface area contributed by atoms with E-state index >= 15 is 0 Å². The molecular weight excluding hydrogens is 198 g/mol. The number of hydrogen-bond acceptors (Lipinski definition) is 5. The van der Waals surface area contributed by atoms with E-state index in [0.717, 1.165) is 36.9 Å². The van der Waals surface area contributed by atoms with Gasteiger partial charge < -0.3 is 10.1 Å². The van der Waals surface area contributed by atoms with Gasteiger partial charge in [0.15, 0.2) is 0 Å². The Balaban J connectivity index is 1.89. The lowest BCUT2D eigenvalue weighted by Gasteiger charge is -2.22. The number of rotatable bonds is 3. The lowest BCUT2D eigenvalue weighted by atomic mass is 10.1. The van der Waals surface area contributed by atoms with Crippen molar-refractivity contribution in [3.8, 4) is 5.19 Å². The monoisotopic (exact) mass is 213 g/mol. The van der Waals surface area contributed by atoms with Crippen molar-refractivity contribution < 1.29 is 4.74 Å². The molecule has 0 aromatic carbocycles. The maximum absolute atomic E-state index is 5.72. The highest BCUT2D eigenvalue weighted by atomic mass is 32.1. The highest BCUT2D eigenvalue weighted by molar-refractivity contribution is 7.07. The van der Waals surface area contributed by atoms with Crippen LogP contribution in [0.1, 0.15) is 25.6 Å². The lowest BCUT2D eigenvalue weighted by Crippen LogP contribution is -2.37. The first-order valence-electron chi connectivity index (χ1n) is 5.08. The largest absolute Gasteiger partial charge is 0.464 e. The van der Waals surface area contributed by atoms with Crippen molar-refractivity contribution >= 4 is 11.5 Å². The summed E-state index contributed by atoms with van der Waals surface area (Å²) in [5, 5.41) is 4.03. The molecule has 2 heterocycles. The molecule has 0 unspecified atom stereocenters. The molecule has 0 amide bonds. The van der Waals surface area contributed by atoms with Crippen molar-refractivity contribution in [2.75, 3.05) is 13.1 Å². The van der Waals surface area contributed by atoms with Crippen molar-refractivity contribution in [2.24, 2.45) is 0 Å². The molecule has 0 bridgehead atoms. The van der Waals surface area contributed by atoms with Crippen LogP contribution < -0.4 is 10.1 Å². The van der Waals surface area contributed by atoms with E-state index in [1.807, 2.05) is 6.92 Å². The van der Waals surface area contributed by atoms with Crippen LogP contribution in [-0.2, 0) is 6.42 Å². The van der Waals surface area contributed by atoms with E-state index in [1.165, 1.54) is 18.0 Å². The smallest absolute Gasteiger partial charge is 0.293 e. The number of hydrogen-bond donors (Lipinski definition) is 1. The molecule has 1 atom stereocenters. The fourth-order valence-corrected chi connectivity index (χ4v) is 2.17. The summed E-state index contributed by atoms with van der Waals surface area (Å²) in [5.41, 5.74) is 0. The summed E-state index contributed by atoms with van der Waals surface area (Å²) in [6, 6.07) is 0. The summed E-state index contributed by atoms with van der Waals surface area (Å²) in [6.07, 6.45) is 3.46. The SMILES string of the molecule is CCc1nsc(O[C@H]2CCCNC2)n1. The van der Waals surface area contributed by atoms with Gasteiger partial charge in [-0.15, -0.1) is 0 Å². The molecule has 14 heavy (non-hydrogen) atoms. The minimum Gasteiger partial charge on any atom is -0.464 e. The molecule has 0 radical (unpaired) electrons. The van der Waals surface area contributed by atoms with Crippen molar-refractivity contribution in [1.82, 2.24) is 14.7 Å². The van der Waals surface area contributed by atoms with E-state index in [1.54, 1.807) is 0 Å². The molecule has 78 valence electrons. The predicted octanol–water partition coefficient (Wildman–Crippen LogP) is 1.23. The van der Waals surface area contributed by atoms with Crippen molar-refractivity contribution in [3.63, 3.8) is 0 Å². The van der Waals surface area contributed by atoms with E-state index in [4.69, 9.17) is 4.74 Å². The molecule has 1 aromatic rings. The van der Waals surface area contributed by atoms with Crippen LogP contribution in [0.15, 0.2) is 0 Å². The van der Waals surface area contributed by atoms with Crippen molar-refractivity contribution in [3.05, 3.63) is 5.82 Å². The first-order chi connectivity index (χ1) is 6.88. The Bertz CT molecular complexity index is 283. The predicted molar refractivity (Wildman–Crippen MR) is 55.8 cm³/mol. The van der Waals surface area contributed by atoms with Gasteiger partial charge in [-0.05, 0) is 19.4 Å². The third-order valence-electron chi connectivity index (χ3n) is 2.28. The second-order valence-corrected chi connectivity index (χ2v) is 4.13. The topological polar surface area (TPSA) is 47.0 Å².